The second kappa shape index (κ2) is 4.23. The number of nitrogens with two attached hydrogens (primary N) is 1. The van der Waals surface area contributed by atoms with Gasteiger partial charge in [-0.1, -0.05) is 0 Å². The zero-order chi connectivity index (χ0) is 12.5. The minimum Gasteiger partial charge on any atom is -0.255 e. The average molecular weight is 252 g/mol. The fraction of sp³-hybridized carbons (Fsp3) is 0. The summed E-state index contributed by atoms with van der Waals surface area (Å²) in [6.45, 7) is 0. The molecule has 0 unspecified atom stereocenters. The first-order valence-electron chi connectivity index (χ1n) is 4.71. The maximum atomic E-state index is 12.7. The number of rotatable bonds is 2. The number of nitrogens with zero attached hydrogens (tertiary/aromatic N) is 1. The molecule has 1 aromatic heterocycles. The van der Waals surface area contributed by atoms with Gasteiger partial charge in [0.25, 0.3) is 0 Å². The Morgan fingerprint density at radius 2 is 1.71 bits per heavy atom. The van der Waals surface area contributed by atoms with Crippen LogP contribution < -0.4 is 5.14 Å². The average Bonchev–Trinajstić information content (AvgIpc) is 2.29. The molecule has 17 heavy (non-hydrogen) atoms. The van der Waals surface area contributed by atoms with Crippen molar-refractivity contribution in [3.8, 4) is 11.3 Å². The Kier molecular flexibility index (Phi) is 2.91. The Morgan fingerprint density at radius 1 is 1.06 bits per heavy atom. The maximum Gasteiger partial charge on any atom is 0.239 e. The fourth-order valence-corrected chi connectivity index (χ4v) is 1.80. The third-order valence-corrected chi connectivity index (χ3v) is 3.10. The molecule has 2 N–H and O–H groups in total. The molecule has 1 heterocycles. The van der Waals surface area contributed by atoms with Crippen LogP contribution in [0.2, 0.25) is 0 Å². The molecule has 0 fully saturated rings. The van der Waals surface area contributed by atoms with E-state index < -0.39 is 10.0 Å². The number of pyridine rings is 1. The number of hydrogen-bond acceptors (Lipinski definition) is 3. The molecule has 6 heteroatoms. The number of benzene rings is 1. The highest BCUT2D eigenvalue weighted by atomic mass is 32.2. The van der Waals surface area contributed by atoms with Crippen molar-refractivity contribution in [1.82, 2.24) is 4.98 Å². The van der Waals surface area contributed by atoms with Crippen LogP contribution in [-0.2, 0) is 10.0 Å². The van der Waals surface area contributed by atoms with Gasteiger partial charge in [-0.2, -0.15) is 0 Å². The second-order valence-electron chi connectivity index (χ2n) is 3.43. The lowest BCUT2D eigenvalue weighted by Crippen LogP contribution is -2.12. The number of primary sulfonamides is 1. The van der Waals surface area contributed by atoms with Crippen molar-refractivity contribution >= 4 is 10.0 Å². The highest BCUT2D eigenvalue weighted by Crippen LogP contribution is 2.18. The smallest absolute Gasteiger partial charge is 0.239 e. The van der Waals surface area contributed by atoms with E-state index in [4.69, 9.17) is 5.14 Å². The summed E-state index contributed by atoms with van der Waals surface area (Å²) in [7, 11) is -3.73. The Hall–Kier alpha value is -1.79. The number of sulfonamides is 1. The predicted molar refractivity (Wildman–Crippen MR) is 61.0 cm³/mol. The van der Waals surface area contributed by atoms with E-state index in [1.165, 1.54) is 30.5 Å². The Bertz CT molecular complexity index is 622. The van der Waals surface area contributed by atoms with E-state index in [0.29, 0.717) is 11.3 Å². The van der Waals surface area contributed by atoms with Crippen LogP contribution in [0.3, 0.4) is 0 Å². The minimum atomic E-state index is -3.73. The minimum absolute atomic E-state index is 0.0524. The van der Waals surface area contributed by atoms with Crippen molar-refractivity contribution in [2.75, 3.05) is 0 Å². The van der Waals surface area contributed by atoms with Crippen molar-refractivity contribution in [1.29, 1.82) is 0 Å². The first kappa shape index (κ1) is 11.7. The van der Waals surface area contributed by atoms with Crippen LogP contribution in [0, 0.1) is 5.82 Å². The summed E-state index contributed by atoms with van der Waals surface area (Å²) in [4.78, 5) is 3.91. The molecule has 1 aromatic carbocycles. The SMILES string of the molecule is NS(=O)(=O)c1ccc(-c2ccc(F)cc2)nc1. The molecule has 0 amide bonds. The third-order valence-electron chi connectivity index (χ3n) is 2.20. The molecule has 0 saturated carbocycles. The summed E-state index contributed by atoms with van der Waals surface area (Å²) < 4.78 is 34.7. The van der Waals surface area contributed by atoms with E-state index in [1.807, 2.05) is 0 Å². The topological polar surface area (TPSA) is 73.1 Å². The van der Waals surface area contributed by atoms with Gasteiger partial charge in [-0.05, 0) is 36.4 Å². The highest BCUT2D eigenvalue weighted by Gasteiger charge is 2.08. The molecular formula is C11H9FN2O2S. The fourth-order valence-electron chi connectivity index (χ4n) is 1.34. The van der Waals surface area contributed by atoms with E-state index in [9.17, 15) is 12.8 Å². The van der Waals surface area contributed by atoms with E-state index in [-0.39, 0.29) is 10.7 Å². The number of aromatic nitrogens is 1. The van der Waals surface area contributed by atoms with Crippen LogP contribution in [0.1, 0.15) is 0 Å². The molecule has 0 radical (unpaired) electrons. The van der Waals surface area contributed by atoms with Gasteiger partial charge in [0.1, 0.15) is 10.7 Å². The third kappa shape index (κ3) is 2.66. The monoisotopic (exact) mass is 252 g/mol. The van der Waals surface area contributed by atoms with Gasteiger partial charge in [0.2, 0.25) is 10.0 Å². The molecule has 2 aromatic rings. The van der Waals surface area contributed by atoms with Gasteiger partial charge in [-0.3, -0.25) is 4.98 Å². The van der Waals surface area contributed by atoms with Gasteiger partial charge in [0.15, 0.2) is 0 Å². The summed E-state index contributed by atoms with van der Waals surface area (Å²) in [5.41, 5.74) is 1.25. The molecule has 0 saturated heterocycles. The van der Waals surface area contributed by atoms with E-state index in [0.717, 1.165) is 0 Å². The van der Waals surface area contributed by atoms with E-state index in [2.05, 4.69) is 4.98 Å². The van der Waals surface area contributed by atoms with Crippen LogP contribution in [0.15, 0.2) is 47.5 Å². The van der Waals surface area contributed by atoms with Crippen LogP contribution >= 0.6 is 0 Å². The molecule has 0 spiro atoms. The summed E-state index contributed by atoms with van der Waals surface area (Å²) in [5, 5.41) is 4.95. The van der Waals surface area contributed by atoms with Crippen molar-refractivity contribution in [3.05, 3.63) is 48.4 Å². The van der Waals surface area contributed by atoms with Gasteiger partial charge >= 0.3 is 0 Å². The maximum absolute atomic E-state index is 12.7. The number of halogens is 1. The molecule has 0 atom stereocenters. The van der Waals surface area contributed by atoms with Crippen LogP contribution in [0.25, 0.3) is 11.3 Å². The zero-order valence-electron chi connectivity index (χ0n) is 8.67. The molecule has 0 aliphatic carbocycles. The lowest BCUT2D eigenvalue weighted by Gasteiger charge is -2.02. The molecule has 2 rings (SSSR count). The van der Waals surface area contributed by atoms with Gasteiger partial charge in [0, 0.05) is 11.8 Å². The normalized spacial score (nSPS) is 11.4. The lowest BCUT2D eigenvalue weighted by molar-refractivity contribution is 0.597. The standard InChI is InChI=1S/C11H9FN2O2S/c12-9-3-1-8(2-4-9)11-6-5-10(7-14-11)17(13,15)16/h1-7H,(H2,13,15,16). The summed E-state index contributed by atoms with van der Waals surface area (Å²) in [5.74, 6) is -0.338. The summed E-state index contributed by atoms with van der Waals surface area (Å²) >= 11 is 0. The molecule has 0 aliphatic heterocycles. The quantitative estimate of drug-likeness (QED) is 0.881. The molecule has 0 bridgehead atoms. The van der Waals surface area contributed by atoms with Gasteiger partial charge in [-0.15, -0.1) is 0 Å². The first-order valence-corrected chi connectivity index (χ1v) is 6.26. The highest BCUT2D eigenvalue weighted by molar-refractivity contribution is 7.89. The van der Waals surface area contributed by atoms with E-state index in [1.54, 1.807) is 12.1 Å². The van der Waals surface area contributed by atoms with Crippen molar-refractivity contribution in [2.24, 2.45) is 5.14 Å². The van der Waals surface area contributed by atoms with Crippen molar-refractivity contribution in [2.45, 2.75) is 4.90 Å². The Morgan fingerprint density at radius 3 is 2.18 bits per heavy atom. The van der Waals surface area contributed by atoms with E-state index >= 15 is 0 Å². The summed E-state index contributed by atoms with van der Waals surface area (Å²) in [6.07, 6.45) is 1.17. The molecular weight excluding hydrogens is 243 g/mol. The summed E-state index contributed by atoms with van der Waals surface area (Å²) in [6, 6.07) is 8.63. The number of hydrogen-bond donors (Lipinski definition) is 1. The van der Waals surface area contributed by atoms with Crippen LogP contribution in [0.5, 0.6) is 0 Å². The predicted octanol–water partition coefficient (Wildman–Crippen LogP) is 1.54. The van der Waals surface area contributed by atoms with Crippen LogP contribution in [0.4, 0.5) is 4.39 Å². The zero-order valence-corrected chi connectivity index (χ0v) is 9.49. The van der Waals surface area contributed by atoms with Crippen molar-refractivity contribution in [3.63, 3.8) is 0 Å². The van der Waals surface area contributed by atoms with Crippen LogP contribution in [-0.4, -0.2) is 13.4 Å². The molecule has 88 valence electrons. The first-order chi connectivity index (χ1) is 7.97. The lowest BCUT2D eigenvalue weighted by atomic mass is 10.1. The van der Waals surface area contributed by atoms with Gasteiger partial charge in [0.05, 0.1) is 5.69 Å². The molecule has 0 aliphatic rings. The molecule has 4 nitrogen and oxygen atoms in total. The largest absolute Gasteiger partial charge is 0.255 e. The second-order valence-corrected chi connectivity index (χ2v) is 4.99. The van der Waals surface area contributed by atoms with Crippen molar-refractivity contribution < 1.29 is 12.8 Å². The Balaban J connectivity index is 2.39. The van der Waals surface area contributed by atoms with Gasteiger partial charge < -0.3 is 0 Å². The Labute approximate surface area is 98.0 Å². The van der Waals surface area contributed by atoms with Gasteiger partial charge in [-0.25, -0.2) is 17.9 Å².